The van der Waals surface area contributed by atoms with Crippen molar-refractivity contribution < 1.29 is 27.9 Å². The quantitative estimate of drug-likeness (QED) is 0.866. The van der Waals surface area contributed by atoms with Gasteiger partial charge in [0, 0.05) is 0 Å². The molecule has 0 saturated heterocycles. The molecular weight excluding hydrogens is 261 g/mol. The van der Waals surface area contributed by atoms with E-state index in [0.29, 0.717) is 0 Å². The summed E-state index contributed by atoms with van der Waals surface area (Å²) in [6.07, 6.45) is -4.96. The maximum absolute atomic E-state index is 11.8. The second-order valence-electron chi connectivity index (χ2n) is 3.01. The van der Waals surface area contributed by atoms with Gasteiger partial charge in [-0.05, 0) is 6.92 Å². The van der Waals surface area contributed by atoms with Gasteiger partial charge >= 0.3 is 18.1 Å². The Hall–Kier alpha value is -1.64. The number of aryl methyl sites for hydroxylation is 1. The van der Waals surface area contributed by atoms with Gasteiger partial charge in [0.1, 0.15) is 9.88 Å². The van der Waals surface area contributed by atoms with Crippen LogP contribution in [0.15, 0.2) is 0 Å². The molecule has 0 atom stereocenters. The molecule has 0 aliphatic rings. The summed E-state index contributed by atoms with van der Waals surface area (Å²) in [5, 5.41) is 10.4. The standard InChI is InChI=1S/C8H7F3N2O3S/c1-3-5(6(14)15)17-4(13-3)2-12-7(16)8(9,10)11/h2H2,1H3,(H,12,16)(H,14,15). The minimum Gasteiger partial charge on any atom is -0.477 e. The van der Waals surface area contributed by atoms with E-state index in [0.717, 1.165) is 11.3 Å². The van der Waals surface area contributed by atoms with Crippen molar-refractivity contribution in [2.75, 3.05) is 0 Å². The van der Waals surface area contributed by atoms with Gasteiger partial charge in [-0.25, -0.2) is 9.78 Å². The van der Waals surface area contributed by atoms with E-state index < -0.39 is 24.6 Å². The summed E-state index contributed by atoms with van der Waals surface area (Å²) in [5.41, 5.74) is 0.207. The Morgan fingerprint density at radius 3 is 2.47 bits per heavy atom. The highest BCUT2D eigenvalue weighted by atomic mass is 32.1. The summed E-state index contributed by atoms with van der Waals surface area (Å²) in [5.74, 6) is -3.28. The molecule has 0 bridgehead atoms. The van der Waals surface area contributed by atoms with Gasteiger partial charge in [-0.15, -0.1) is 11.3 Å². The summed E-state index contributed by atoms with van der Waals surface area (Å²) in [6.45, 7) is 0.978. The Morgan fingerprint density at radius 2 is 2.06 bits per heavy atom. The number of carboxylic acid groups (broad SMARTS) is 1. The second kappa shape index (κ2) is 4.70. The summed E-state index contributed by atoms with van der Waals surface area (Å²) in [6, 6.07) is 0. The number of nitrogens with one attached hydrogen (secondary N) is 1. The van der Waals surface area contributed by atoms with Crippen molar-refractivity contribution in [1.29, 1.82) is 0 Å². The van der Waals surface area contributed by atoms with Crippen LogP contribution in [0.5, 0.6) is 0 Å². The molecule has 0 fully saturated rings. The molecule has 1 aromatic rings. The molecule has 2 N–H and O–H groups in total. The number of aromatic nitrogens is 1. The number of rotatable bonds is 3. The molecule has 0 spiro atoms. The number of carboxylic acids is 1. The maximum Gasteiger partial charge on any atom is 0.471 e. The molecule has 1 amide bonds. The van der Waals surface area contributed by atoms with Crippen molar-refractivity contribution in [3.05, 3.63) is 15.6 Å². The lowest BCUT2D eigenvalue weighted by atomic mass is 10.4. The third kappa shape index (κ3) is 3.41. The zero-order valence-corrected chi connectivity index (χ0v) is 9.28. The smallest absolute Gasteiger partial charge is 0.471 e. The lowest BCUT2D eigenvalue weighted by Gasteiger charge is -2.05. The number of alkyl halides is 3. The molecule has 5 nitrogen and oxygen atoms in total. The van der Waals surface area contributed by atoms with Crippen LogP contribution >= 0.6 is 11.3 Å². The molecule has 0 aliphatic heterocycles. The predicted molar refractivity (Wildman–Crippen MR) is 51.7 cm³/mol. The number of hydrogen-bond acceptors (Lipinski definition) is 4. The summed E-state index contributed by atoms with van der Waals surface area (Å²) in [4.78, 5) is 24.8. The SMILES string of the molecule is Cc1nc(CNC(=O)C(F)(F)F)sc1C(=O)O. The summed E-state index contributed by atoms with van der Waals surface area (Å²) in [7, 11) is 0. The summed E-state index contributed by atoms with van der Waals surface area (Å²) < 4.78 is 35.5. The number of nitrogens with zero attached hydrogens (tertiary/aromatic N) is 1. The Kier molecular flexibility index (Phi) is 3.71. The fourth-order valence-electron chi connectivity index (χ4n) is 0.982. The first-order valence-corrected chi connectivity index (χ1v) is 5.08. The van der Waals surface area contributed by atoms with Crippen LogP contribution in [-0.4, -0.2) is 28.1 Å². The zero-order chi connectivity index (χ0) is 13.2. The van der Waals surface area contributed by atoms with Crippen LogP contribution < -0.4 is 5.32 Å². The van der Waals surface area contributed by atoms with Crippen LogP contribution in [-0.2, 0) is 11.3 Å². The van der Waals surface area contributed by atoms with Gasteiger partial charge in [0.15, 0.2) is 0 Å². The van der Waals surface area contributed by atoms with Crippen molar-refractivity contribution in [2.24, 2.45) is 0 Å². The normalized spacial score (nSPS) is 11.3. The molecule has 1 heterocycles. The Bertz CT molecular complexity index is 455. The third-order valence-corrected chi connectivity index (χ3v) is 2.84. The highest BCUT2D eigenvalue weighted by Crippen LogP contribution is 2.19. The number of hydrogen-bond donors (Lipinski definition) is 2. The molecule has 17 heavy (non-hydrogen) atoms. The van der Waals surface area contributed by atoms with Gasteiger partial charge in [0.25, 0.3) is 0 Å². The molecule has 94 valence electrons. The van der Waals surface area contributed by atoms with Gasteiger partial charge in [0.2, 0.25) is 0 Å². The second-order valence-corrected chi connectivity index (χ2v) is 4.09. The van der Waals surface area contributed by atoms with Crippen molar-refractivity contribution in [2.45, 2.75) is 19.6 Å². The van der Waals surface area contributed by atoms with E-state index in [1.807, 2.05) is 0 Å². The zero-order valence-electron chi connectivity index (χ0n) is 8.46. The van der Waals surface area contributed by atoms with E-state index in [2.05, 4.69) is 4.98 Å². The van der Waals surface area contributed by atoms with Crippen LogP contribution in [0.1, 0.15) is 20.4 Å². The number of amides is 1. The molecule has 9 heteroatoms. The van der Waals surface area contributed by atoms with E-state index in [1.54, 1.807) is 5.32 Å². The highest BCUT2D eigenvalue weighted by Gasteiger charge is 2.38. The number of aromatic carboxylic acids is 1. The van der Waals surface area contributed by atoms with Crippen LogP contribution in [0.4, 0.5) is 13.2 Å². The van der Waals surface area contributed by atoms with Crippen LogP contribution in [0, 0.1) is 6.92 Å². The van der Waals surface area contributed by atoms with Gasteiger partial charge < -0.3 is 10.4 Å². The molecule has 0 aromatic carbocycles. The van der Waals surface area contributed by atoms with E-state index in [-0.39, 0.29) is 15.6 Å². The molecule has 0 aliphatic carbocycles. The van der Waals surface area contributed by atoms with Crippen molar-refractivity contribution >= 4 is 23.2 Å². The number of thiazole rings is 1. The molecule has 0 radical (unpaired) electrons. The van der Waals surface area contributed by atoms with Crippen molar-refractivity contribution in [1.82, 2.24) is 10.3 Å². The fraction of sp³-hybridized carbons (Fsp3) is 0.375. The monoisotopic (exact) mass is 268 g/mol. The van der Waals surface area contributed by atoms with Gasteiger partial charge in [-0.1, -0.05) is 0 Å². The van der Waals surface area contributed by atoms with E-state index in [4.69, 9.17) is 5.11 Å². The topological polar surface area (TPSA) is 79.3 Å². The number of halogens is 3. The molecule has 0 saturated carbocycles. The minimum atomic E-state index is -4.96. The number of carbonyl (C=O) groups is 2. The van der Waals surface area contributed by atoms with E-state index in [1.165, 1.54) is 6.92 Å². The molecule has 1 rings (SSSR count). The van der Waals surface area contributed by atoms with E-state index >= 15 is 0 Å². The van der Waals surface area contributed by atoms with E-state index in [9.17, 15) is 22.8 Å². The van der Waals surface area contributed by atoms with Crippen LogP contribution in [0.2, 0.25) is 0 Å². The molecule has 1 aromatic heterocycles. The van der Waals surface area contributed by atoms with Crippen LogP contribution in [0.25, 0.3) is 0 Å². The number of carbonyl (C=O) groups excluding carboxylic acids is 1. The average Bonchev–Trinajstić information content (AvgIpc) is 2.54. The minimum absolute atomic E-state index is 0.0544. The molecule has 0 unspecified atom stereocenters. The Morgan fingerprint density at radius 1 is 1.47 bits per heavy atom. The van der Waals surface area contributed by atoms with Crippen molar-refractivity contribution in [3.63, 3.8) is 0 Å². The van der Waals surface area contributed by atoms with Crippen LogP contribution in [0.3, 0.4) is 0 Å². The maximum atomic E-state index is 11.8. The molecular formula is C8H7F3N2O3S. The Balaban J connectivity index is 2.68. The van der Waals surface area contributed by atoms with Gasteiger partial charge in [-0.3, -0.25) is 4.79 Å². The summed E-state index contributed by atoms with van der Waals surface area (Å²) >= 11 is 0.727. The van der Waals surface area contributed by atoms with Gasteiger partial charge in [0.05, 0.1) is 12.2 Å². The Labute approximate surface area is 97.3 Å². The first kappa shape index (κ1) is 13.4. The van der Waals surface area contributed by atoms with Crippen molar-refractivity contribution in [3.8, 4) is 0 Å². The average molecular weight is 268 g/mol. The lowest BCUT2D eigenvalue weighted by molar-refractivity contribution is -0.173. The lowest BCUT2D eigenvalue weighted by Crippen LogP contribution is -2.36. The highest BCUT2D eigenvalue weighted by molar-refractivity contribution is 7.13. The predicted octanol–water partition coefficient (Wildman–Crippen LogP) is 1.33. The first-order chi connectivity index (χ1) is 7.71. The van der Waals surface area contributed by atoms with Gasteiger partial charge in [-0.2, -0.15) is 13.2 Å². The largest absolute Gasteiger partial charge is 0.477 e. The third-order valence-electron chi connectivity index (χ3n) is 1.69. The fourth-order valence-corrected chi connectivity index (χ4v) is 1.83. The first-order valence-electron chi connectivity index (χ1n) is 4.26.